The highest BCUT2D eigenvalue weighted by Crippen LogP contribution is 2.09. The zero-order valence-corrected chi connectivity index (χ0v) is 29.1. The SMILES string of the molecule is NC(N)=NCCC[C@H](NC(=O)[C@H](CC(=O)O)NC(=O)[C@H](CCCN=C(N)N)NC(=O)[C@H](Cc1ccccc1)NC(=O)[C@@H](N)Cc1ccccc1)C(=O)O. The molecule has 0 heterocycles. The molecular formula is C34H49N11O8. The van der Waals surface area contributed by atoms with Gasteiger partial charge in [0.25, 0.3) is 0 Å². The number of hydrogen-bond donors (Lipinski definition) is 11. The summed E-state index contributed by atoms with van der Waals surface area (Å²) in [5, 5.41) is 29.0. The van der Waals surface area contributed by atoms with E-state index in [-0.39, 0.29) is 63.5 Å². The fourth-order valence-electron chi connectivity index (χ4n) is 5.03. The van der Waals surface area contributed by atoms with E-state index < -0.39 is 72.2 Å². The lowest BCUT2D eigenvalue weighted by Gasteiger charge is -2.26. The van der Waals surface area contributed by atoms with E-state index in [0.717, 1.165) is 5.56 Å². The van der Waals surface area contributed by atoms with Gasteiger partial charge in [0.1, 0.15) is 24.2 Å². The number of aliphatic carboxylic acids is 2. The number of carboxylic acids is 2. The molecule has 0 aliphatic heterocycles. The van der Waals surface area contributed by atoms with Crippen molar-refractivity contribution in [2.45, 2.75) is 75.2 Å². The summed E-state index contributed by atoms with van der Waals surface area (Å²) < 4.78 is 0. The number of guanidine groups is 2. The molecule has 0 aromatic heterocycles. The highest BCUT2D eigenvalue weighted by molar-refractivity contribution is 5.96. The van der Waals surface area contributed by atoms with E-state index in [1.807, 2.05) is 18.2 Å². The maximum atomic E-state index is 13.8. The Kier molecular flexibility index (Phi) is 18.3. The average molecular weight is 740 g/mol. The van der Waals surface area contributed by atoms with Crippen LogP contribution in [0, 0.1) is 0 Å². The second kappa shape index (κ2) is 22.6. The Balaban J connectivity index is 2.31. The van der Waals surface area contributed by atoms with Crippen molar-refractivity contribution in [3.8, 4) is 0 Å². The first-order valence-electron chi connectivity index (χ1n) is 16.8. The topological polar surface area (TPSA) is 346 Å². The van der Waals surface area contributed by atoms with Gasteiger partial charge in [-0.3, -0.25) is 34.0 Å². The van der Waals surface area contributed by atoms with Crippen molar-refractivity contribution in [1.82, 2.24) is 21.3 Å². The third-order valence-electron chi connectivity index (χ3n) is 7.70. The van der Waals surface area contributed by atoms with Crippen LogP contribution in [-0.4, -0.2) is 101 Å². The minimum atomic E-state index is -1.74. The van der Waals surface area contributed by atoms with Gasteiger partial charge >= 0.3 is 11.9 Å². The van der Waals surface area contributed by atoms with Crippen LogP contribution in [0.25, 0.3) is 0 Å². The molecule has 0 saturated heterocycles. The van der Waals surface area contributed by atoms with Crippen LogP contribution in [0.15, 0.2) is 70.6 Å². The smallest absolute Gasteiger partial charge is 0.326 e. The van der Waals surface area contributed by atoms with Crippen molar-refractivity contribution >= 4 is 47.5 Å². The number of carbonyl (C=O) groups excluding carboxylic acids is 4. The summed E-state index contributed by atoms with van der Waals surface area (Å²) in [5.41, 5.74) is 29.0. The summed E-state index contributed by atoms with van der Waals surface area (Å²) >= 11 is 0. The molecule has 0 saturated carbocycles. The first kappa shape index (κ1) is 42.9. The fourth-order valence-corrected chi connectivity index (χ4v) is 5.03. The van der Waals surface area contributed by atoms with E-state index in [2.05, 4.69) is 31.3 Å². The lowest BCUT2D eigenvalue weighted by atomic mass is 10.0. The number of rotatable bonds is 23. The van der Waals surface area contributed by atoms with Gasteiger partial charge in [-0.2, -0.15) is 0 Å². The Morgan fingerprint density at radius 2 is 0.981 bits per heavy atom. The van der Waals surface area contributed by atoms with Crippen LogP contribution in [0.2, 0.25) is 0 Å². The van der Waals surface area contributed by atoms with Crippen molar-refractivity contribution < 1.29 is 39.0 Å². The standard InChI is InChI=1S/C34H49N11O8/c35-22(17-20-9-3-1-4-10-20)28(48)44-25(18-21-11-5-2-6-12-21)30(50)42-23(13-7-15-40-33(36)37)29(49)45-26(19-27(46)47)31(51)43-24(32(52)53)14-8-16-41-34(38)39/h1-6,9-12,22-26H,7-8,13-19,35H2,(H,42,50)(H,43,51)(H,44,48)(H,45,49)(H,46,47)(H,52,53)(H4,36,37,40)(H4,38,39,41)/t22-,23-,24-,25-,26-/m0/s1. The highest BCUT2D eigenvalue weighted by atomic mass is 16.4. The second-order valence-electron chi connectivity index (χ2n) is 12.1. The number of nitrogens with zero attached hydrogens (tertiary/aromatic N) is 2. The number of carbonyl (C=O) groups is 6. The molecule has 4 amide bonds. The van der Waals surface area contributed by atoms with Crippen LogP contribution >= 0.6 is 0 Å². The summed E-state index contributed by atoms with van der Waals surface area (Å²) in [4.78, 5) is 85.1. The highest BCUT2D eigenvalue weighted by Gasteiger charge is 2.33. The van der Waals surface area contributed by atoms with Gasteiger partial charge in [0.15, 0.2) is 11.9 Å². The van der Waals surface area contributed by atoms with Crippen molar-refractivity contribution in [2.75, 3.05) is 13.1 Å². The van der Waals surface area contributed by atoms with Crippen LogP contribution < -0.4 is 49.9 Å². The molecule has 0 unspecified atom stereocenters. The van der Waals surface area contributed by atoms with E-state index in [1.165, 1.54) is 0 Å². The summed E-state index contributed by atoms with van der Waals surface area (Å²) in [6.07, 6.45) is -0.598. The molecule has 19 nitrogen and oxygen atoms in total. The van der Waals surface area contributed by atoms with E-state index in [1.54, 1.807) is 42.5 Å². The molecule has 5 atom stereocenters. The minimum absolute atomic E-state index is 0.0165. The first-order valence-corrected chi connectivity index (χ1v) is 16.8. The number of hydrogen-bond acceptors (Lipinski definition) is 9. The van der Waals surface area contributed by atoms with E-state index in [9.17, 15) is 39.0 Å². The molecule has 19 heteroatoms. The van der Waals surface area contributed by atoms with E-state index in [0.29, 0.717) is 5.56 Å². The maximum absolute atomic E-state index is 13.8. The zero-order valence-electron chi connectivity index (χ0n) is 29.1. The second-order valence-corrected chi connectivity index (χ2v) is 12.1. The van der Waals surface area contributed by atoms with Crippen molar-refractivity contribution in [3.05, 3.63) is 71.8 Å². The van der Waals surface area contributed by atoms with Gasteiger partial charge in [-0.25, -0.2) is 4.79 Å². The Labute approximate surface area is 306 Å². The largest absolute Gasteiger partial charge is 0.481 e. The molecule has 0 aliphatic carbocycles. The van der Waals surface area contributed by atoms with Crippen LogP contribution in [0.5, 0.6) is 0 Å². The van der Waals surface area contributed by atoms with E-state index >= 15 is 0 Å². The number of amides is 4. The van der Waals surface area contributed by atoms with Gasteiger partial charge in [0.05, 0.1) is 12.5 Å². The third kappa shape index (κ3) is 17.0. The Hall–Kier alpha value is -6.24. The molecule has 2 rings (SSSR count). The fraction of sp³-hybridized carbons (Fsp3) is 0.412. The van der Waals surface area contributed by atoms with Crippen molar-refractivity contribution in [3.63, 3.8) is 0 Å². The van der Waals surface area contributed by atoms with Gasteiger partial charge in [-0.15, -0.1) is 0 Å². The summed E-state index contributed by atoms with van der Waals surface area (Å²) in [6.45, 7) is 0.128. The average Bonchev–Trinajstić information content (AvgIpc) is 3.10. The lowest BCUT2D eigenvalue weighted by Crippen LogP contribution is -2.59. The molecule has 16 N–H and O–H groups in total. The van der Waals surface area contributed by atoms with Crippen LogP contribution in [0.4, 0.5) is 0 Å². The molecule has 53 heavy (non-hydrogen) atoms. The number of nitrogens with two attached hydrogens (primary N) is 5. The maximum Gasteiger partial charge on any atom is 0.326 e. The quantitative estimate of drug-likeness (QED) is 0.0317. The Morgan fingerprint density at radius 3 is 1.47 bits per heavy atom. The molecule has 0 spiro atoms. The number of aliphatic imine (C=N–C) groups is 2. The van der Waals surface area contributed by atoms with Crippen molar-refractivity contribution in [2.24, 2.45) is 38.7 Å². The molecule has 0 aliphatic rings. The van der Waals surface area contributed by atoms with Gasteiger partial charge in [-0.05, 0) is 43.2 Å². The number of benzene rings is 2. The minimum Gasteiger partial charge on any atom is -0.481 e. The first-order chi connectivity index (χ1) is 25.2. The number of nitrogens with one attached hydrogen (secondary N) is 4. The van der Waals surface area contributed by atoms with Gasteiger partial charge in [0.2, 0.25) is 23.6 Å². The zero-order chi connectivity index (χ0) is 39.3. The predicted molar refractivity (Wildman–Crippen MR) is 196 cm³/mol. The number of carboxylic acid groups (broad SMARTS) is 2. The Bertz CT molecular complexity index is 1580. The van der Waals surface area contributed by atoms with Crippen LogP contribution in [-0.2, 0) is 41.6 Å². The van der Waals surface area contributed by atoms with E-state index in [4.69, 9.17) is 28.7 Å². The van der Waals surface area contributed by atoms with Gasteiger partial charge in [-0.1, -0.05) is 60.7 Å². The Morgan fingerprint density at radius 1 is 0.566 bits per heavy atom. The normalized spacial score (nSPS) is 13.5. The monoisotopic (exact) mass is 739 g/mol. The lowest BCUT2D eigenvalue weighted by molar-refractivity contribution is -0.143. The molecular weight excluding hydrogens is 690 g/mol. The molecule has 0 fully saturated rings. The van der Waals surface area contributed by atoms with Crippen molar-refractivity contribution in [1.29, 1.82) is 0 Å². The van der Waals surface area contributed by atoms with Gasteiger partial charge in [0, 0.05) is 19.5 Å². The van der Waals surface area contributed by atoms with Crippen LogP contribution in [0.3, 0.4) is 0 Å². The summed E-state index contributed by atoms with van der Waals surface area (Å²) in [7, 11) is 0. The summed E-state index contributed by atoms with van der Waals surface area (Å²) in [6, 6.07) is 11.0. The molecule has 0 radical (unpaired) electrons. The summed E-state index contributed by atoms with van der Waals surface area (Å²) in [5.74, 6) is -6.76. The predicted octanol–water partition coefficient (Wildman–Crippen LogP) is -2.60. The molecule has 0 bridgehead atoms. The third-order valence-corrected chi connectivity index (χ3v) is 7.70. The van der Waals surface area contributed by atoms with Crippen LogP contribution in [0.1, 0.15) is 43.2 Å². The molecule has 288 valence electrons. The van der Waals surface area contributed by atoms with Gasteiger partial charge < -0.3 is 60.1 Å². The molecule has 2 aromatic carbocycles. The molecule has 2 aromatic rings.